The first-order valence-electron chi connectivity index (χ1n) is 5.52. The van der Waals surface area contributed by atoms with Crippen LogP contribution in [0.5, 0.6) is 0 Å². The van der Waals surface area contributed by atoms with Gasteiger partial charge in [0, 0.05) is 24.8 Å². The normalized spacial score (nSPS) is 33.4. The van der Waals surface area contributed by atoms with Gasteiger partial charge < -0.3 is 10.6 Å². The molecule has 0 saturated carbocycles. The molecule has 1 unspecified atom stereocenters. The Kier molecular flexibility index (Phi) is 5.86. The predicted octanol–water partition coefficient (Wildman–Crippen LogP) is 1.12. The van der Waals surface area contributed by atoms with E-state index in [1.165, 1.54) is 18.6 Å². The summed E-state index contributed by atoms with van der Waals surface area (Å²) in [5.41, 5.74) is 0. The molecule has 0 aromatic heterocycles. The number of rotatable bonds is 3. The van der Waals surface area contributed by atoms with E-state index in [0.717, 1.165) is 6.54 Å². The maximum Gasteiger partial charge on any atom is 0.237 e. The lowest BCUT2D eigenvalue weighted by Gasteiger charge is -2.13. The summed E-state index contributed by atoms with van der Waals surface area (Å²) in [6.07, 6.45) is 1.90. The minimum absolute atomic E-state index is 0. The summed E-state index contributed by atoms with van der Waals surface area (Å²) in [5, 5.41) is 6.35. The summed E-state index contributed by atoms with van der Waals surface area (Å²) in [6.45, 7) is 1.05. The Morgan fingerprint density at radius 2 is 2.38 bits per heavy atom. The molecule has 0 aromatic rings. The lowest BCUT2D eigenvalue weighted by Crippen LogP contribution is -2.42. The average molecular weight is 269 g/mol. The van der Waals surface area contributed by atoms with Crippen molar-refractivity contribution in [3.05, 3.63) is 0 Å². The first kappa shape index (κ1) is 14.1. The standard InChI is InChI=1S/C10H17FN2OS.ClH/c11-7-4-9(12-5-7)10(14)13-6-8-2-1-3-15-8;/h7-9,12H,1-6H2,(H,13,14);1H/t7-,8?,9+;/m0./s1. The minimum atomic E-state index is -0.860. The van der Waals surface area contributed by atoms with E-state index in [2.05, 4.69) is 10.6 Å². The highest BCUT2D eigenvalue weighted by Crippen LogP contribution is 2.25. The second-order valence-electron chi connectivity index (χ2n) is 4.17. The van der Waals surface area contributed by atoms with E-state index < -0.39 is 6.17 Å². The molecule has 6 heteroatoms. The van der Waals surface area contributed by atoms with E-state index in [4.69, 9.17) is 0 Å². The van der Waals surface area contributed by atoms with Crippen molar-refractivity contribution in [2.45, 2.75) is 36.7 Å². The zero-order chi connectivity index (χ0) is 10.7. The molecule has 2 saturated heterocycles. The molecule has 0 aromatic carbocycles. The molecule has 2 N–H and O–H groups in total. The van der Waals surface area contributed by atoms with Gasteiger partial charge in [0.25, 0.3) is 0 Å². The molecular weight excluding hydrogens is 251 g/mol. The highest BCUT2D eigenvalue weighted by molar-refractivity contribution is 8.00. The quantitative estimate of drug-likeness (QED) is 0.806. The monoisotopic (exact) mass is 268 g/mol. The first-order valence-corrected chi connectivity index (χ1v) is 6.57. The number of amides is 1. The molecule has 0 spiro atoms. The third-order valence-corrected chi connectivity index (χ3v) is 4.32. The molecule has 2 rings (SSSR count). The van der Waals surface area contributed by atoms with Gasteiger partial charge in [-0.25, -0.2) is 4.39 Å². The largest absolute Gasteiger partial charge is 0.354 e. The van der Waals surface area contributed by atoms with Crippen LogP contribution in [0.25, 0.3) is 0 Å². The molecule has 94 valence electrons. The van der Waals surface area contributed by atoms with Crippen molar-refractivity contribution in [3.8, 4) is 0 Å². The van der Waals surface area contributed by atoms with Gasteiger partial charge in [-0.1, -0.05) is 0 Å². The molecule has 3 atom stereocenters. The van der Waals surface area contributed by atoms with Crippen molar-refractivity contribution < 1.29 is 9.18 Å². The van der Waals surface area contributed by atoms with Crippen molar-refractivity contribution in [1.29, 1.82) is 0 Å². The molecule has 3 nitrogen and oxygen atoms in total. The summed E-state index contributed by atoms with van der Waals surface area (Å²) in [6, 6.07) is -0.314. The number of halogens is 2. The Labute approximate surface area is 106 Å². The van der Waals surface area contributed by atoms with Crippen LogP contribution in [0.4, 0.5) is 4.39 Å². The molecule has 2 aliphatic rings. The van der Waals surface area contributed by atoms with E-state index in [1.807, 2.05) is 11.8 Å². The number of hydrogen-bond acceptors (Lipinski definition) is 3. The highest BCUT2D eigenvalue weighted by Gasteiger charge is 2.29. The van der Waals surface area contributed by atoms with Gasteiger partial charge in [-0.2, -0.15) is 11.8 Å². The van der Waals surface area contributed by atoms with Crippen LogP contribution in [-0.2, 0) is 4.79 Å². The molecular formula is C10H18ClFN2OS. The van der Waals surface area contributed by atoms with Crippen LogP contribution in [0.3, 0.4) is 0 Å². The van der Waals surface area contributed by atoms with Gasteiger partial charge in [0.1, 0.15) is 6.17 Å². The first-order chi connectivity index (χ1) is 7.25. The number of carbonyl (C=O) groups is 1. The third-order valence-electron chi connectivity index (χ3n) is 2.92. The Balaban J connectivity index is 0.00000128. The van der Waals surface area contributed by atoms with Crippen molar-refractivity contribution in [2.75, 3.05) is 18.8 Å². The maximum absolute atomic E-state index is 12.8. The maximum atomic E-state index is 12.8. The van der Waals surface area contributed by atoms with Crippen LogP contribution in [0.1, 0.15) is 19.3 Å². The van der Waals surface area contributed by atoms with Crippen LogP contribution >= 0.6 is 24.2 Å². The summed E-state index contributed by atoms with van der Waals surface area (Å²) < 4.78 is 12.8. The van der Waals surface area contributed by atoms with E-state index in [9.17, 15) is 9.18 Å². The fraction of sp³-hybridized carbons (Fsp3) is 0.900. The van der Waals surface area contributed by atoms with E-state index in [1.54, 1.807) is 0 Å². The topological polar surface area (TPSA) is 41.1 Å². The minimum Gasteiger partial charge on any atom is -0.354 e. The van der Waals surface area contributed by atoms with Gasteiger partial charge in [0.15, 0.2) is 0 Å². The van der Waals surface area contributed by atoms with Crippen molar-refractivity contribution in [2.24, 2.45) is 0 Å². The molecule has 2 fully saturated rings. The lowest BCUT2D eigenvalue weighted by molar-refractivity contribution is -0.122. The number of nitrogens with one attached hydrogen (secondary N) is 2. The highest BCUT2D eigenvalue weighted by atomic mass is 35.5. The number of alkyl halides is 1. The second-order valence-corrected chi connectivity index (χ2v) is 5.58. The van der Waals surface area contributed by atoms with Crippen LogP contribution in [0, 0.1) is 0 Å². The van der Waals surface area contributed by atoms with Crippen molar-refractivity contribution >= 4 is 30.1 Å². The smallest absolute Gasteiger partial charge is 0.237 e. The molecule has 16 heavy (non-hydrogen) atoms. The summed E-state index contributed by atoms with van der Waals surface area (Å²) in [4.78, 5) is 11.6. The van der Waals surface area contributed by atoms with Crippen molar-refractivity contribution in [1.82, 2.24) is 10.6 Å². The van der Waals surface area contributed by atoms with Gasteiger partial charge in [-0.15, -0.1) is 12.4 Å². The van der Waals surface area contributed by atoms with Crippen LogP contribution in [0.2, 0.25) is 0 Å². The molecule has 2 aliphatic heterocycles. The van der Waals surface area contributed by atoms with Gasteiger partial charge in [0.2, 0.25) is 5.91 Å². The van der Waals surface area contributed by atoms with Gasteiger partial charge >= 0.3 is 0 Å². The van der Waals surface area contributed by atoms with Gasteiger partial charge in [-0.05, 0) is 18.6 Å². The molecule has 1 amide bonds. The molecule has 0 radical (unpaired) electrons. The van der Waals surface area contributed by atoms with Crippen molar-refractivity contribution in [3.63, 3.8) is 0 Å². The second kappa shape index (κ2) is 6.67. The van der Waals surface area contributed by atoms with E-state index in [0.29, 0.717) is 18.2 Å². The zero-order valence-electron chi connectivity index (χ0n) is 9.08. The number of hydrogen-bond donors (Lipinski definition) is 2. The SMILES string of the molecule is Cl.O=C(NCC1CCCS1)[C@H]1C[C@H](F)CN1. The summed E-state index contributed by atoms with van der Waals surface area (Å²) in [5.74, 6) is 1.16. The van der Waals surface area contributed by atoms with Crippen LogP contribution in [0.15, 0.2) is 0 Å². The number of thioether (sulfide) groups is 1. The Morgan fingerprint density at radius 1 is 1.56 bits per heavy atom. The molecule has 0 aliphatic carbocycles. The van der Waals surface area contributed by atoms with Crippen LogP contribution < -0.4 is 10.6 Å². The Morgan fingerprint density at radius 3 is 2.94 bits per heavy atom. The molecule has 0 bridgehead atoms. The Hall–Kier alpha value is -0.0000000000000000763. The Bertz CT molecular complexity index is 239. The lowest BCUT2D eigenvalue weighted by atomic mass is 10.2. The fourth-order valence-electron chi connectivity index (χ4n) is 2.04. The van der Waals surface area contributed by atoms with Gasteiger partial charge in [0.05, 0.1) is 6.04 Å². The summed E-state index contributed by atoms with van der Waals surface area (Å²) in [7, 11) is 0. The van der Waals surface area contributed by atoms with Gasteiger partial charge in [-0.3, -0.25) is 4.79 Å². The third kappa shape index (κ3) is 3.79. The summed E-state index contributed by atoms with van der Waals surface area (Å²) >= 11 is 1.92. The average Bonchev–Trinajstić information content (AvgIpc) is 2.84. The van der Waals surface area contributed by atoms with E-state index >= 15 is 0 Å². The molecule has 2 heterocycles. The predicted molar refractivity (Wildman–Crippen MR) is 67.0 cm³/mol. The van der Waals surface area contributed by atoms with E-state index in [-0.39, 0.29) is 24.4 Å². The fourth-order valence-corrected chi connectivity index (χ4v) is 3.24. The van der Waals surface area contributed by atoms with Crippen LogP contribution in [-0.4, -0.2) is 42.2 Å². The zero-order valence-corrected chi connectivity index (χ0v) is 10.7. The number of carbonyl (C=O) groups excluding carboxylic acids is 1.